The van der Waals surface area contributed by atoms with Crippen LogP contribution in [0.1, 0.15) is 13.8 Å². The average molecular weight is 252 g/mol. The summed E-state index contributed by atoms with van der Waals surface area (Å²) >= 11 is 0. The van der Waals surface area contributed by atoms with Crippen molar-refractivity contribution in [2.45, 2.75) is 37.8 Å². The lowest BCUT2D eigenvalue weighted by Crippen LogP contribution is -2.36. The molecule has 1 saturated heterocycles. The number of aliphatic hydroxyl groups excluding tert-OH is 2. The van der Waals surface area contributed by atoms with Crippen molar-refractivity contribution in [3.63, 3.8) is 0 Å². The Balaban J connectivity index is 1.98. The maximum atomic E-state index is 10.6. The molecule has 2 N–H and O–H groups in total. The average Bonchev–Trinajstić information content (AvgIpc) is 3.06. The van der Waals surface area contributed by atoms with E-state index in [4.69, 9.17) is 9.47 Å². The molecule has 0 radical (unpaired) electrons. The van der Waals surface area contributed by atoms with Gasteiger partial charge in [0.15, 0.2) is 5.60 Å². The Labute approximate surface area is 105 Å². The predicted octanol–water partition coefficient (Wildman–Crippen LogP) is -0.382. The Morgan fingerprint density at radius 2 is 2.28 bits per heavy atom. The van der Waals surface area contributed by atoms with Crippen LogP contribution in [-0.4, -0.2) is 46.7 Å². The number of ether oxygens (including phenoxy) is 2. The third-order valence-electron chi connectivity index (χ3n) is 2.98. The van der Waals surface area contributed by atoms with Crippen LogP contribution in [0.5, 0.6) is 0 Å². The highest BCUT2D eigenvalue weighted by Gasteiger charge is 2.64. The largest absolute Gasteiger partial charge is 0.465 e. The van der Waals surface area contributed by atoms with E-state index in [1.807, 2.05) is 6.92 Å². The Hall–Kier alpha value is -1.35. The van der Waals surface area contributed by atoms with E-state index in [1.165, 1.54) is 19.1 Å². The van der Waals surface area contributed by atoms with E-state index in [0.717, 1.165) is 0 Å². The first-order valence-electron chi connectivity index (χ1n) is 5.84. The highest BCUT2D eigenvalue weighted by Crippen LogP contribution is 2.45. The van der Waals surface area contributed by atoms with Gasteiger partial charge < -0.3 is 19.7 Å². The molecule has 5 nitrogen and oxygen atoms in total. The van der Waals surface area contributed by atoms with Crippen molar-refractivity contribution in [2.75, 3.05) is 6.61 Å². The number of fused-ring (bicyclic) bond motifs is 1. The molecule has 0 aromatic rings. The summed E-state index contributed by atoms with van der Waals surface area (Å²) in [6.07, 6.45) is 0.959. The molecule has 0 unspecified atom stereocenters. The summed E-state index contributed by atoms with van der Waals surface area (Å²) in [5, 5.41) is 19.4. The Kier molecular flexibility index (Phi) is 3.44. The monoisotopic (exact) mass is 252 g/mol. The van der Waals surface area contributed by atoms with Crippen molar-refractivity contribution in [3.05, 3.63) is 12.2 Å². The van der Waals surface area contributed by atoms with E-state index in [2.05, 4.69) is 11.8 Å². The van der Waals surface area contributed by atoms with E-state index < -0.39 is 23.9 Å². The van der Waals surface area contributed by atoms with Crippen LogP contribution in [0, 0.1) is 17.8 Å². The summed E-state index contributed by atoms with van der Waals surface area (Å²) in [5.74, 6) is 5.24. The van der Waals surface area contributed by atoms with Gasteiger partial charge in [0.05, 0.1) is 5.92 Å². The third-order valence-corrected chi connectivity index (χ3v) is 2.98. The van der Waals surface area contributed by atoms with E-state index in [0.29, 0.717) is 0 Å². The number of esters is 1. The van der Waals surface area contributed by atoms with Crippen LogP contribution in [0.4, 0.5) is 0 Å². The minimum Gasteiger partial charge on any atom is -0.465 e. The van der Waals surface area contributed by atoms with Crippen molar-refractivity contribution in [3.8, 4) is 11.8 Å². The van der Waals surface area contributed by atoms with E-state index >= 15 is 0 Å². The van der Waals surface area contributed by atoms with Crippen molar-refractivity contribution >= 4 is 5.97 Å². The molecule has 1 aliphatic carbocycles. The molecule has 0 spiro atoms. The molecular weight excluding hydrogens is 236 g/mol. The number of aliphatic hydroxyl groups is 2. The molecule has 0 aromatic heterocycles. The number of hydrogen-bond acceptors (Lipinski definition) is 5. The van der Waals surface area contributed by atoms with E-state index in [1.54, 1.807) is 0 Å². The van der Waals surface area contributed by atoms with Gasteiger partial charge in [0.25, 0.3) is 0 Å². The molecule has 1 heterocycles. The number of carbonyl (C=O) groups excluding carboxylic acids is 1. The standard InChI is InChI=1S/C13H16O5/c1-8(7-17-9(2)14)5-6-13-11(16)4-3-10(15)12(13)18-13/h3-4,8,10-12,15-16H,7H2,1-2H3/t8-,10-,11-,12+,13-/m0/s1. The van der Waals surface area contributed by atoms with Gasteiger partial charge in [-0.25, -0.2) is 0 Å². The Bertz CT molecular complexity index is 432. The zero-order valence-corrected chi connectivity index (χ0v) is 10.3. The fourth-order valence-electron chi connectivity index (χ4n) is 1.89. The maximum Gasteiger partial charge on any atom is 0.302 e. The van der Waals surface area contributed by atoms with Gasteiger partial charge in [-0.1, -0.05) is 24.0 Å². The molecule has 5 atom stereocenters. The lowest BCUT2D eigenvalue weighted by molar-refractivity contribution is -0.141. The molecule has 1 aliphatic heterocycles. The SMILES string of the molecule is CC(=O)OC[C@@H](C)C#C[C@@]12O[C@@H]1[C@@H](O)C=C[C@@H]2O. The van der Waals surface area contributed by atoms with Gasteiger partial charge in [0.1, 0.15) is 24.9 Å². The van der Waals surface area contributed by atoms with Crippen molar-refractivity contribution < 1.29 is 24.5 Å². The van der Waals surface area contributed by atoms with Crippen LogP contribution >= 0.6 is 0 Å². The first kappa shape index (κ1) is 13.1. The fraction of sp³-hybridized carbons (Fsp3) is 0.615. The maximum absolute atomic E-state index is 10.6. The number of carbonyl (C=O) groups is 1. The lowest BCUT2D eigenvalue weighted by Gasteiger charge is -2.16. The minimum absolute atomic E-state index is 0.150. The zero-order valence-electron chi connectivity index (χ0n) is 10.3. The van der Waals surface area contributed by atoms with Gasteiger partial charge in [0.2, 0.25) is 0 Å². The first-order valence-corrected chi connectivity index (χ1v) is 5.84. The molecule has 2 aliphatic rings. The van der Waals surface area contributed by atoms with Crippen LogP contribution in [-0.2, 0) is 14.3 Å². The van der Waals surface area contributed by atoms with E-state index in [9.17, 15) is 15.0 Å². The molecule has 18 heavy (non-hydrogen) atoms. The molecule has 5 heteroatoms. The molecule has 2 rings (SSSR count). The number of rotatable bonds is 2. The van der Waals surface area contributed by atoms with Crippen LogP contribution in [0.25, 0.3) is 0 Å². The van der Waals surface area contributed by atoms with Gasteiger partial charge in [0, 0.05) is 6.92 Å². The molecule has 0 bridgehead atoms. The smallest absolute Gasteiger partial charge is 0.302 e. The second kappa shape index (κ2) is 4.73. The molecule has 0 saturated carbocycles. The number of epoxide rings is 1. The van der Waals surface area contributed by atoms with Crippen LogP contribution < -0.4 is 0 Å². The topological polar surface area (TPSA) is 79.3 Å². The summed E-state index contributed by atoms with van der Waals surface area (Å²) in [6, 6.07) is 0. The Morgan fingerprint density at radius 1 is 1.56 bits per heavy atom. The van der Waals surface area contributed by atoms with Crippen molar-refractivity contribution in [1.82, 2.24) is 0 Å². The molecule has 1 fully saturated rings. The fourth-order valence-corrected chi connectivity index (χ4v) is 1.89. The summed E-state index contributed by atoms with van der Waals surface area (Å²) in [5.41, 5.74) is -0.987. The highest BCUT2D eigenvalue weighted by atomic mass is 16.6. The summed E-state index contributed by atoms with van der Waals surface area (Å²) in [7, 11) is 0. The van der Waals surface area contributed by atoms with Gasteiger partial charge in [-0.05, 0) is 6.92 Å². The minimum atomic E-state index is -0.987. The second-order valence-corrected chi connectivity index (χ2v) is 4.62. The van der Waals surface area contributed by atoms with Crippen LogP contribution in [0.3, 0.4) is 0 Å². The van der Waals surface area contributed by atoms with Gasteiger partial charge in [-0.2, -0.15) is 0 Å². The quantitative estimate of drug-likeness (QED) is 0.303. The normalized spacial score (nSPS) is 38.1. The van der Waals surface area contributed by atoms with Crippen molar-refractivity contribution in [1.29, 1.82) is 0 Å². The number of hydrogen-bond donors (Lipinski definition) is 2. The second-order valence-electron chi connectivity index (χ2n) is 4.62. The third kappa shape index (κ3) is 2.41. The zero-order chi connectivity index (χ0) is 13.3. The summed E-state index contributed by atoms with van der Waals surface area (Å²) in [6.45, 7) is 3.36. The van der Waals surface area contributed by atoms with Gasteiger partial charge in [-0.3, -0.25) is 4.79 Å². The lowest BCUT2D eigenvalue weighted by atomic mass is 9.90. The van der Waals surface area contributed by atoms with E-state index in [-0.39, 0.29) is 18.5 Å². The predicted molar refractivity (Wildman–Crippen MR) is 62.3 cm³/mol. The molecular formula is C13H16O5. The molecule has 98 valence electrons. The van der Waals surface area contributed by atoms with Crippen LogP contribution in [0.15, 0.2) is 12.2 Å². The van der Waals surface area contributed by atoms with Gasteiger partial charge >= 0.3 is 5.97 Å². The van der Waals surface area contributed by atoms with Crippen LogP contribution in [0.2, 0.25) is 0 Å². The highest BCUT2D eigenvalue weighted by molar-refractivity contribution is 5.65. The molecule has 0 aromatic carbocycles. The van der Waals surface area contributed by atoms with Gasteiger partial charge in [-0.15, -0.1) is 0 Å². The van der Waals surface area contributed by atoms with Crippen molar-refractivity contribution in [2.24, 2.45) is 5.92 Å². The summed E-state index contributed by atoms with van der Waals surface area (Å²) in [4.78, 5) is 10.6. The Morgan fingerprint density at radius 3 is 2.94 bits per heavy atom. The first-order chi connectivity index (χ1) is 8.45. The molecule has 0 amide bonds. The summed E-state index contributed by atoms with van der Waals surface area (Å²) < 4.78 is 10.2.